The zero-order valence-corrected chi connectivity index (χ0v) is 29.9. The van der Waals surface area contributed by atoms with E-state index in [0.717, 1.165) is 38.8 Å². The van der Waals surface area contributed by atoms with Crippen molar-refractivity contribution >= 4 is 54.5 Å². The van der Waals surface area contributed by atoms with Gasteiger partial charge >= 0.3 is 0 Å². The molecule has 0 radical (unpaired) electrons. The molecule has 2 nitrogen and oxygen atoms in total. The van der Waals surface area contributed by atoms with E-state index in [1.54, 1.807) is 0 Å². The second-order valence-electron chi connectivity index (χ2n) is 14.8. The molecule has 1 aliphatic rings. The van der Waals surface area contributed by atoms with Gasteiger partial charge in [0.05, 0.1) is 16.7 Å². The number of hydrogen-bond donors (Lipinski definition) is 0. The second kappa shape index (κ2) is 11.7. The lowest BCUT2D eigenvalue weighted by molar-refractivity contribution is 0.669. The highest BCUT2D eigenvalue weighted by Gasteiger charge is 2.30. The summed E-state index contributed by atoms with van der Waals surface area (Å²) in [6, 6.07) is 71.1. The summed E-state index contributed by atoms with van der Waals surface area (Å²) in [5.74, 6) is 0.204. The fraction of sp³-hybridized carbons (Fsp3) is 0.0189. The second-order valence-corrected chi connectivity index (χ2v) is 14.8. The van der Waals surface area contributed by atoms with E-state index in [1.165, 1.54) is 71.5 Å². The molecule has 0 N–H and O–H groups in total. The maximum atomic E-state index is 6.35. The Morgan fingerprint density at radius 2 is 1.00 bits per heavy atom. The van der Waals surface area contributed by atoms with Gasteiger partial charge in [-0.3, -0.25) is 0 Å². The summed E-state index contributed by atoms with van der Waals surface area (Å²) < 4.78 is 8.83. The zero-order valence-electron chi connectivity index (χ0n) is 29.9. The van der Waals surface area contributed by atoms with Crippen LogP contribution in [-0.4, -0.2) is 4.57 Å². The maximum Gasteiger partial charge on any atom is 0.136 e. The summed E-state index contributed by atoms with van der Waals surface area (Å²) in [7, 11) is 0. The Morgan fingerprint density at radius 3 is 1.91 bits per heavy atom. The van der Waals surface area contributed by atoms with Crippen molar-refractivity contribution < 1.29 is 4.42 Å². The highest BCUT2D eigenvalue weighted by atomic mass is 16.3. The molecule has 11 aromatic rings. The molecule has 2 heterocycles. The molecule has 2 aromatic heterocycles. The molecule has 0 aliphatic heterocycles. The number of para-hydroxylation sites is 2. The van der Waals surface area contributed by atoms with Gasteiger partial charge in [-0.15, -0.1) is 0 Å². The van der Waals surface area contributed by atoms with Gasteiger partial charge in [0, 0.05) is 32.8 Å². The molecule has 12 rings (SSSR count). The number of hydrogen-bond acceptors (Lipinski definition) is 1. The number of fused-ring (bicyclic) bond motifs is 10. The largest absolute Gasteiger partial charge is 0.456 e. The third-order valence-corrected chi connectivity index (χ3v) is 11.9. The average molecular weight is 700 g/mol. The van der Waals surface area contributed by atoms with Crippen LogP contribution in [0.3, 0.4) is 0 Å². The predicted octanol–water partition coefficient (Wildman–Crippen LogP) is 14.3. The van der Waals surface area contributed by atoms with E-state index in [4.69, 9.17) is 4.42 Å². The topological polar surface area (TPSA) is 18.1 Å². The lowest BCUT2D eigenvalue weighted by Gasteiger charge is -2.16. The summed E-state index contributed by atoms with van der Waals surface area (Å²) in [5.41, 5.74) is 16.8. The van der Waals surface area contributed by atoms with Gasteiger partial charge in [0.1, 0.15) is 11.2 Å². The van der Waals surface area contributed by atoms with E-state index >= 15 is 0 Å². The van der Waals surface area contributed by atoms with E-state index < -0.39 is 0 Å². The summed E-state index contributed by atoms with van der Waals surface area (Å²) in [6.45, 7) is 0. The Morgan fingerprint density at radius 1 is 0.364 bits per heavy atom. The Bertz CT molecular complexity index is 3330. The standard InChI is InChI=1S/C53H33NO/c1-2-12-33(13-3-1)53-46-19-7-6-16-40(46)41-25-22-34(29-47(41)53)35-23-26-43-42-17-8-10-20-48(42)54(50(43)30-35)49-31-38(28-37-14-4-5-15-39(37)49)36-24-27-45-44-18-9-11-21-51(44)55-52(45)32-36/h1-32,53H. The lowest BCUT2D eigenvalue weighted by atomic mass is 9.88. The molecule has 9 aromatic carbocycles. The third kappa shape index (κ3) is 4.55. The highest BCUT2D eigenvalue weighted by molar-refractivity contribution is 6.12. The van der Waals surface area contributed by atoms with Gasteiger partial charge in [0.25, 0.3) is 0 Å². The van der Waals surface area contributed by atoms with Crippen LogP contribution in [0.15, 0.2) is 199 Å². The van der Waals surface area contributed by atoms with Crippen LogP contribution in [0.2, 0.25) is 0 Å². The number of rotatable bonds is 4. The Hall–Kier alpha value is -7.16. The van der Waals surface area contributed by atoms with Crippen LogP contribution < -0.4 is 0 Å². The fourth-order valence-corrected chi connectivity index (χ4v) is 9.35. The van der Waals surface area contributed by atoms with Crippen molar-refractivity contribution in [2.24, 2.45) is 0 Å². The van der Waals surface area contributed by atoms with Crippen LogP contribution >= 0.6 is 0 Å². The molecular formula is C53H33NO. The minimum absolute atomic E-state index is 0.204. The number of benzene rings is 9. The zero-order chi connectivity index (χ0) is 36.0. The van der Waals surface area contributed by atoms with Gasteiger partial charge in [0.15, 0.2) is 0 Å². The van der Waals surface area contributed by atoms with Crippen molar-refractivity contribution in [2.75, 3.05) is 0 Å². The van der Waals surface area contributed by atoms with Gasteiger partial charge in [-0.25, -0.2) is 0 Å². The van der Waals surface area contributed by atoms with Crippen molar-refractivity contribution in [1.82, 2.24) is 4.57 Å². The van der Waals surface area contributed by atoms with Crippen LogP contribution in [0.1, 0.15) is 22.6 Å². The van der Waals surface area contributed by atoms with E-state index in [9.17, 15) is 0 Å². The van der Waals surface area contributed by atoms with E-state index in [1.807, 2.05) is 12.1 Å². The summed E-state index contributed by atoms with van der Waals surface area (Å²) >= 11 is 0. The predicted molar refractivity (Wildman–Crippen MR) is 229 cm³/mol. The van der Waals surface area contributed by atoms with Crippen LogP contribution in [-0.2, 0) is 0 Å². The smallest absolute Gasteiger partial charge is 0.136 e. The molecule has 0 fully saturated rings. The van der Waals surface area contributed by atoms with Gasteiger partial charge in [0.2, 0.25) is 0 Å². The Balaban J connectivity index is 1.06. The molecule has 1 aliphatic carbocycles. The highest BCUT2D eigenvalue weighted by Crippen LogP contribution is 2.49. The first-order valence-electron chi connectivity index (χ1n) is 19.0. The first-order chi connectivity index (χ1) is 27.3. The minimum atomic E-state index is 0.204. The van der Waals surface area contributed by atoms with Crippen molar-refractivity contribution in [3.63, 3.8) is 0 Å². The molecule has 1 atom stereocenters. The molecule has 0 spiro atoms. The number of furan rings is 1. The quantitative estimate of drug-likeness (QED) is 0.179. The van der Waals surface area contributed by atoms with Crippen molar-refractivity contribution in [1.29, 1.82) is 0 Å². The van der Waals surface area contributed by atoms with E-state index in [0.29, 0.717) is 0 Å². The van der Waals surface area contributed by atoms with Crippen LogP contribution in [0.5, 0.6) is 0 Å². The molecule has 256 valence electrons. The van der Waals surface area contributed by atoms with Crippen molar-refractivity contribution in [3.8, 4) is 39.1 Å². The molecule has 0 saturated heterocycles. The van der Waals surface area contributed by atoms with Gasteiger partial charge in [-0.1, -0.05) is 146 Å². The summed E-state index contributed by atoms with van der Waals surface area (Å²) in [6.07, 6.45) is 0. The van der Waals surface area contributed by atoms with Crippen molar-refractivity contribution in [2.45, 2.75) is 5.92 Å². The molecule has 55 heavy (non-hydrogen) atoms. The normalized spacial score (nSPS) is 13.6. The molecule has 0 amide bonds. The first-order valence-corrected chi connectivity index (χ1v) is 19.0. The summed E-state index contributed by atoms with van der Waals surface area (Å²) in [4.78, 5) is 0. The molecular weight excluding hydrogens is 667 g/mol. The molecule has 0 bridgehead atoms. The van der Waals surface area contributed by atoms with E-state index in [-0.39, 0.29) is 5.92 Å². The monoisotopic (exact) mass is 699 g/mol. The third-order valence-electron chi connectivity index (χ3n) is 11.9. The number of nitrogens with zero attached hydrogens (tertiary/aromatic N) is 1. The van der Waals surface area contributed by atoms with Gasteiger partial charge in [-0.2, -0.15) is 0 Å². The van der Waals surface area contributed by atoms with Gasteiger partial charge < -0.3 is 8.98 Å². The number of aromatic nitrogens is 1. The SMILES string of the molecule is c1ccc(C2c3ccccc3-c3ccc(-c4ccc5c6ccccc6n(-c6cc(-c7ccc8c(c7)oc7ccccc78)cc7ccccc67)c5c4)cc32)cc1. The lowest BCUT2D eigenvalue weighted by Crippen LogP contribution is -1.99. The van der Waals surface area contributed by atoms with Crippen LogP contribution in [0.25, 0.3) is 93.6 Å². The maximum absolute atomic E-state index is 6.35. The van der Waals surface area contributed by atoms with E-state index in [2.05, 4.69) is 187 Å². The average Bonchev–Trinajstić information content (AvgIpc) is 3.90. The first kappa shape index (κ1) is 30.3. The summed E-state index contributed by atoms with van der Waals surface area (Å²) in [5, 5.41) is 7.19. The van der Waals surface area contributed by atoms with Gasteiger partial charge in [-0.05, 0) is 104 Å². The molecule has 2 heteroatoms. The molecule has 1 unspecified atom stereocenters. The Labute approximate surface area is 318 Å². The minimum Gasteiger partial charge on any atom is -0.456 e. The van der Waals surface area contributed by atoms with Crippen molar-refractivity contribution in [3.05, 3.63) is 211 Å². The fourth-order valence-electron chi connectivity index (χ4n) is 9.35. The van der Waals surface area contributed by atoms with Crippen LogP contribution in [0, 0.1) is 0 Å². The Kier molecular flexibility index (Phi) is 6.43. The van der Waals surface area contributed by atoms with Crippen LogP contribution in [0.4, 0.5) is 0 Å². The molecule has 0 saturated carbocycles.